The lowest BCUT2D eigenvalue weighted by Gasteiger charge is -2.35. The zero-order valence-electron chi connectivity index (χ0n) is 11.1. The average Bonchev–Trinajstić information content (AvgIpc) is 2.32. The topological polar surface area (TPSA) is 58.6 Å². The van der Waals surface area contributed by atoms with E-state index in [0.29, 0.717) is 19.8 Å². The van der Waals surface area contributed by atoms with Crippen molar-refractivity contribution in [2.45, 2.75) is 32.7 Å². The first-order chi connectivity index (χ1) is 8.58. The lowest BCUT2D eigenvalue weighted by Crippen LogP contribution is -2.53. The molecule has 5 nitrogen and oxygen atoms in total. The molecule has 0 bridgehead atoms. The summed E-state index contributed by atoms with van der Waals surface area (Å²) in [5, 5.41) is 2.97. The maximum absolute atomic E-state index is 12.0. The molecule has 0 saturated carbocycles. The molecule has 1 unspecified atom stereocenters. The first-order valence-corrected chi connectivity index (χ1v) is 6.75. The molecule has 0 spiro atoms. The monoisotopic (exact) mass is 254 g/mol. The van der Waals surface area contributed by atoms with Gasteiger partial charge in [0, 0.05) is 19.0 Å². The molecular formula is C13H22N2O3. The molecule has 102 valence electrons. The fourth-order valence-electron chi connectivity index (χ4n) is 2.39. The Kier molecular flexibility index (Phi) is 4.22. The fraction of sp³-hybridized carbons (Fsp3) is 0.846. The van der Waals surface area contributed by atoms with Crippen molar-refractivity contribution in [3.8, 4) is 0 Å². The molecule has 2 aliphatic rings. The van der Waals surface area contributed by atoms with Crippen LogP contribution in [0.4, 0.5) is 0 Å². The number of hydrogen-bond acceptors (Lipinski definition) is 3. The Hall–Kier alpha value is -1.10. The van der Waals surface area contributed by atoms with Crippen LogP contribution < -0.4 is 5.32 Å². The Balaban J connectivity index is 1.85. The van der Waals surface area contributed by atoms with Gasteiger partial charge in [0.05, 0.1) is 25.2 Å². The van der Waals surface area contributed by atoms with Gasteiger partial charge in [-0.3, -0.25) is 9.59 Å². The van der Waals surface area contributed by atoms with Gasteiger partial charge in [0.2, 0.25) is 11.8 Å². The van der Waals surface area contributed by atoms with Gasteiger partial charge in [-0.15, -0.1) is 0 Å². The number of hydrogen-bond donors (Lipinski definition) is 1. The van der Waals surface area contributed by atoms with Gasteiger partial charge in [0.15, 0.2) is 0 Å². The van der Waals surface area contributed by atoms with Crippen LogP contribution in [0.2, 0.25) is 0 Å². The Morgan fingerprint density at radius 3 is 2.61 bits per heavy atom. The van der Waals surface area contributed by atoms with Crippen LogP contribution in [0.25, 0.3) is 0 Å². The third-order valence-corrected chi connectivity index (χ3v) is 3.58. The van der Waals surface area contributed by atoms with E-state index in [9.17, 15) is 9.59 Å². The van der Waals surface area contributed by atoms with Gasteiger partial charge in [-0.1, -0.05) is 13.8 Å². The second kappa shape index (κ2) is 5.69. The summed E-state index contributed by atoms with van der Waals surface area (Å²) in [5.74, 6) is 0.179. The summed E-state index contributed by atoms with van der Waals surface area (Å²) in [4.78, 5) is 25.8. The average molecular weight is 254 g/mol. The van der Waals surface area contributed by atoms with Crippen molar-refractivity contribution in [3.05, 3.63) is 0 Å². The maximum Gasteiger partial charge on any atom is 0.225 e. The van der Waals surface area contributed by atoms with Crippen molar-refractivity contribution >= 4 is 11.8 Å². The van der Waals surface area contributed by atoms with Gasteiger partial charge in [0.1, 0.15) is 0 Å². The fourth-order valence-corrected chi connectivity index (χ4v) is 2.39. The van der Waals surface area contributed by atoms with Gasteiger partial charge >= 0.3 is 0 Å². The number of piperidine rings is 1. The first kappa shape index (κ1) is 13.3. The number of carbonyl (C=O) groups is 2. The second-order valence-electron chi connectivity index (χ2n) is 5.52. The number of amides is 2. The predicted molar refractivity (Wildman–Crippen MR) is 66.9 cm³/mol. The molecule has 0 aromatic carbocycles. The molecule has 2 fully saturated rings. The van der Waals surface area contributed by atoms with Crippen LogP contribution >= 0.6 is 0 Å². The highest BCUT2D eigenvalue weighted by atomic mass is 16.5. The molecule has 0 aromatic rings. The van der Waals surface area contributed by atoms with Crippen LogP contribution in [-0.2, 0) is 14.3 Å². The quantitative estimate of drug-likeness (QED) is 0.793. The van der Waals surface area contributed by atoms with Crippen molar-refractivity contribution in [1.29, 1.82) is 0 Å². The summed E-state index contributed by atoms with van der Waals surface area (Å²) in [5.41, 5.74) is 0. The summed E-state index contributed by atoms with van der Waals surface area (Å²) in [6, 6.07) is 0.175. The molecular weight excluding hydrogens is 232 g/mol. The van der Waals surface area contributed by atoms with Crippen LogP contribution in [0.1, 0.15) is 26.7 Å². The van der Waals surface area contributed by atoms with Crippen LogP contribution in [0.5, 0.6) is 0 Å². The van der Waals surface area contributed by atoms with E-state index >= 15 is 0 Å². The number of nitrogens with zero attached hydrogens (tertiary/aromatic N) is 1. The summed E-state index contributed by atoms with van der Waals surface area (Å²) in [6.45, 7) is 6.39. The molecule has 1 N–H and O–H groups in total. The third-order valence-electron chi connectivity index (χ3n) is 3.58. The van der Waals surface area contributed by atoms with Crippen molar-refractivity contribution < 1.29 is 14.3 Å². The smallest absolute Gasteiger partial charge is 0.225 e. The molecule has 2 heterocycles. The lowest BCUT2D eigenvalue weighted by atomic mass is 9.95. The van der Waals surface area contributed by atoms with Crippen molar-refractivity contribution in [1.82, 2.24) is 10.2 Å². The van der Waals surface area contributed by atoms with Crippen molar-refractivity contribution in [3.63, 3.8) is 0 Å². The Morgan fingerprint density at radius 1 is 1.33 bits per heavy atom. The van der Waals surface area contributed by atoms with E-state index in [2.05, 4.69) is 5.32 Å². The molecule has 5 heteroatoms. The van der Waals surface area contributed by atoms with Gasteiger partial charge in [-0.05, 0) is 12.8 Å². The zero-order chi connectivity index (χ0) is 13.1. The number of ether oxygens (including phenoxy) is 1. The van der Waals surface area contributed by atoms with Gasteiger partial charge in [-0.25, -0.2) is 0 Å². The number of likely N-dealkylation sites (tertiary alicyclic amines) is 1. The van der Waals surface area contributed by atoms with E-state index in [1.54, 1.807) is 0 Å². The van der Waals surface area contributed by atoms with E-state index in [0.717, 1.165) is 19.4 Å². The Bertz CT molecular complexity index is 326. The van der Waals surface area contributed by atoms with Crippen LogP contribution in [0.15, 0.2) is 0 Å². The molecule has 1 atom stereocenters. The minimum atomic E-state index is -0.0537. The summed E-state index contributed by atoms with van der Waals surface area (Å²) >= 11 is 0. The molecule has 0 aromatic heterocycles. The van der Waals surface area contributed by atoms with E-state index in [4.69, 9.17) is 4.74 Å². The number of carbonyl (C=O) groups excluding carboxylic acids is 2. The molecule has 2 aliphatic heterocycles. The standard InChI is InChI=1S/C13H22N2O3/c1-9(2)13(17)15-5-3-4-10(6-15)12(16)14-11-7-18-8-11/h9-11H,3-8H2,1-2H3,(H,14,16). The molecule has 18 heavy (non-hydrogen) atoms. The maximum atomic E-state index is 12.0. The molecule has 0 aliphatic carbocycles. The first-order valence-electron chi connectivity index (χ1n) is 6.75. The summed E-state index contributed by atoms with van der Waals surface area (Å²) in [7, 11) is 0. The Morgan fingerprint density at radius 2 is 2.06 bits per heavy atom. The van der Waals surface area contributed by atoms with Crippen molar-refractivity contribution in [2.24, 2.45) is 11.8 Å². The van der Waals surface area contributed by atoms with Crippen LogP contribution in [0, 0.1) is 11.8 Å². The van der Waals surface area contributed by atoms with Crippen molar-refractivity contribution in [2.75, 3.05) is 26.3 Å². The van der Waals surface area contributed by atoms with E-state index in [-0.39, 0.29) is 29.7 Å². The number of rotatable bonds is 3. The second-order valence-corrected chi connectivity index (χ2v) is 5.52. The minimum Gasteiger partial charge on any atom is -0.377 e. The van der Waals surface area contributed by atoms with E-state index in [1.807, 2.05) is 18.7 Å². The highest BCUT2D eigenvalue weighted by molar-refractivity contribution is 5.82. The van der Waals surface area contributed by atoms with E-state index < -0.39 is 0 Å². The summed E-state index contributed by atoms with van der Waals surface area (Å²) in [6.07, 6.45) is 1.79. The van der Waals surface area contributed by atoms with Crippen LogP contribution in [-0.4, -0.2) is 49.1 Å². The SMILES string of the molecule is CC(C)C(=O)N1CCCC(C(=O)NC2COC2)C1. The lowest BCUT2D eigenvalue weighted by molar-refractivity contribution is -0.139. The Labute approximate surface area is 108 Å². The number of nitrogens with one attached hydrogen (secondary N) is 1. The predicted octanol–water partition coefficient (Wildman–Crippen LogP) is 0.396. The molecule has 2 amide bonds. The normalized spacial score (nSPS) is 24.8. The highest BCUT2D eigenvalue weighted by Gasteiger charge is 2.31. The summed E-state index contributed by atoms with van der Waals surface area (Å²) < 4.78 is 5.03. The molecule has 2 saturated heterocycles. The van der Waals surface area contributed by atoms with Gasteiger partial charge in [-0.2, -0.15) is 0 Å². The minimum absolute atomic E-state index is 0.00634. The molecule has 2 rings (SSSR count). The van der Waals surface area contributed by atoms with Crippen LogP contribution in [0.3, 0.4) is 0 Å². The third kappa shape index (κ3) is 3.02. The van der Waals surface area contributed by atoms with Gasteiger partial charge in [0.25, 0.3) is 0 Å². The highest BCUT2D eigenvalue weighted by Crippen LogP contribution is 2.19. The van der Waals surface area contributed by atoms with E-state index in [1.165, 1.54) is 0 Å². The zero-order valence-corrected chi connectivity index (χ0v) is 11.1. The van der Waals surface area contributed by atoms with Gasteiger partial charge < -0.3 is 15.0 Å². The largest absolute Gasteiger partial charge is 0.377 e. The molecule has 0 radical (unpaired) electrons.